The van der Waals surface area contributed by atoms with Gasteiger partial charge in [0.15, 0.2) is 0 Å². The molecule has 2 rings (SSSR count). The molecule has 0 aliphatic rings. The normalized spacial score (nSPS) is 10.4. The maximum Gasteiger partial charge on any atom is 0.224 e. The standard InChI is InChI=1S/C18H20Cl2N2O/c1-2-22(13-14-7-4-3-5-8-14)17(23)11-12-21-16-10-6-9-15(19)18(16)20/h3-10,21H,2,11-13H2,1H3. The molecule has 3 nitrogen and oxygen atoms in total. The Kier molecular flexibility index (Phi) is 6.75. The van der Waals surface area contributed by atoms with E-state index in [4.69, 9.17) is 23.2 Å². The van der Waals surface area contributed by atoms with Gasteiger partial charge in [0.2, 0.25) is 5.91 Å². The molecule has 0 aliphatic carbocycles. The summed E-state index contributed by atoms with van der Waals surface area (Å²) in [4.78, 5) is 14.2. The maximum atomic E-state index is 12.3. The molecule has 0 heterocycles. The van der Waals surface area contributed by atoms with Crippen molar-refractivity contribution in [1.82, 2.24) is 4.90 Å². The quantitative estimate of drug-likeness (QED) is 0.774. The van der Waals surface area contributed by atoms with Gasteiger partial charge in [0.05, 0.1) is 15.7 Å². The highest BCUT2D eigenvalue weighted by molar-refractivity contribution is 6.43. The molecule has 0 saturated heterocycles. The number of carbonyl (C=O) groups excluding carboxylic acids is 1. The zero-order valence-corrected chi connectivity index (χ0v) is 14.6. The minimum Gasteiger partial charge on any atom is -0.383 e. The van der Waals surface area contributed by atoms with Gasteiger partial charge in [-0.15, -0.1) is 0 Å². The van der Waals surface area contributed by atoms with Gasteiger partial charge in [0, 0.05) is 26.1 Å². The summed E-state index contributed by atoms with van der Waals surface area (Å²) in [5.41, 5.74) is 1.88. The largest absolute Gasteiger partial charge is 0.383 e. The van der Waals surface area contributed by atoms with Crippen molar-refractivity contribution in [3.63, 3.8) is 0 Å². The molecule has 0 bridgehead atoms. The van der Waals surface area contributed by atoms with E-state index in [1.54, 1.807) is 6.07 Å². The third kappa shape index (κ3) is 5.15. The van der Waals surface area contributed by atoms with Crippen LogP contribution in [0.25, 0.3) is 0 Å². The number of rotatable bonds is 7. The van der Waals surface area contributed by atoms with Crippen LogP contribution in [-0.4, -0.2) is 23.9 Å². The summed E-state index contributed by atoms with van der Waals surface area (Å²) in [6.07, 6.45) is 0.406. The van der Waals surface area contributed by atoms with Crippen LogP contribution in [0.1, 0.15) is 18.9 Å². The van der Waals surface area contributed by atoms with Crippen LogP contribution >= 0.6 is 23.2 Å². The second-order valence-corrected chi connectivity index (χ2v) is 5.96. The minimum atomic E-state index is 0.113. The first-order valence-electron chi connectivity index (χ1n) is 7.61. The molecule has 0 aliphatic heterocycles. The lowest BCUT2D eigenvalue weighted by Crippen LogP contribution is -2.31. The minimum absolute atomic E-state index is 0.113. The lowest BCUT2D eigenvalue weighted by molar-refractivity contribution is -0.131. The second-order valence-electron chi connectivity index (χ2n) is 5.17. The number of carbonyl (C=O) groups is 1. The molecule has 1 N–H and O–H groups in total. The van der Waals surface area contributed by atoms with Crippen LogP contribution < -0.4 is 5.32 Å². The molecule has 0 saturated carbocycles. The van der Waals surface area contributed by atoms with Crippen molar-refractivity contribution in [1.29, 1.82) is 0 Å². The van der Waals surface area contributed by atoms with E-state index < -0.39 is 0 Å². The molecule has 1 amide bonds. The molecule has 0 spiro atoms. The van der Waals surface area contributed by atoms with E-state index in [-0.39, 0.29) is 5.91 Å². The summed E-state index contributed by atoms with van der Waals surface area (Å²) in [6.45, 7) is 3.83. The van der Waals surface area contributed by atoms with Crippen LogP contribution in [0, 0.1) is 0 Å². The number of amides is 1. The number of benzene rings is 2. The second kappa shape index (κ2) is 8.80. The van der Waals surface area contributed by atoms with Crippen LogP contribution in [0.5, 0.6) is 0 Å². The Balaban J connectivity index is 1.86. The first kappa shape index (κ1) is 17.6. The number of nitrogens with zero attached hydrogens (tertiary/aromatic N) is 1. The third-order valence-corrected chi connectivity index (χ3v) is 4.38. The Morgan fingerprint density at radius 3 is 2.52 bits per heavy atom. The van der Waals surface area contributed by atoms with Gasteiger partial charge in [-0.3, -0.25) is 4.79 Å². The van der Waals surface area contributed by atoms with Crippen LogP contribution in [0.2, 0.25) is 10.0 Å². The molecule has 2 aromatic rings. The van der Waals surface area contributed by atoms with Gasteiger partial charge in [0.25, 0.3) is 0 Å². The first-order valence-corrected chi connectivity index (χ1v) is 8.37. The smallest absolute Gasteiger partial charge is 0.224 e. The molecule has 0 unspecified atom stereocenters. The first-order chi connectivity index (χ1) is 11.1. The van der Waals surface area contributed by atoms with E-state index >= 15 is 0 Å². The Hall–Kier alpha value is -1.71. The van der Waals surface area contributed by atoms with Crippen LogP contribution in [0.15, 0.2) is 48.5 Å². The highest BCUT2D eigenvalue weighted by atomic mass is 35.5. The maximum absolute atomic E-state index is 12.3. The molecule has 0 radical (unpaired) electrons. The fourth-order valence-corrected chi connectivity index (χ4v) is 2.65. The predicted molar refractivity (Wildman–Crippen MR) is 97.1 cm³/mol. The van der Waals surface area contributed by atoms with Gasteiger partial charge in [0.1, 0.15) is 0 Å². The highest BCUT2D eigenvalue weighted by Crippen LogP contribution is 2.29. The number of anilines is 1. The molecule has 2 aromatic carbocycles. The molecular weight excluding hydrogens is 331 g/mol. The van der Waals surface area contributed by atoms with Crippen molar-refractivity contribution in [2.75, 3.05) is 18.4 Å². The number of hydrogen-bond acceptors (Lipinski definition) is 2. The van der Waals surface area contributed by atoms with Gasteiger partial charge in [-0.1, -0.05) is 59.6 Å². The Labute approximate surface area is 147 Å². The van der Waals surface area contributed by atoms with Crippen molar-refractivity contribution < 1.29 is 4.79 Å². The summed E-state index contributed by atoms with van der Waals surface area (Å²) < 4.78 is 0. The zero-order valence-electron chi connectivity index (χ0n) is 13.1. The van der Waals surface area contributed by atoms with Crippen LogP contribution in [0.4, 0.5) is 5.69 Å². The Morgan fingerprint density at radius 1 is 1.09 bits per heavy atom. The SMILES string of the molecule is CCN(Cc1ccccc1)C(=O)CCNc1cccc(Cl)c1Cl. The molecule has 0 atom stereocenters. The van der Waals surface area contributed by atoms with Gasteiger partial charge < -0.3 is 10.2 Å². The molecule has 122 valence electrons. The molecule has 5 heteroatoms. The lowest BCUT2D eigenvalue weighted by atomic mass is 10.2. The molecular formula is C18H20Cl2N2O. The monoisotopic (exact) mass is 350 g/mol. The van der Waals surface area contributed by atoms with Crippen molar-refractivity contribution in [2.24, 2.45) is 0 Å². The van der Waals surface area contributed by atoms with Gasteiger partial charge in [-0.25, -0.2) is 0 Å². The van der Waals surface area contributed by atoms with E-state index in [9.17, 15) is 4.79 Å². The summed E-state index contributed by atoms with van der Waals surface area (Å²) in [6, 6.07) is 15.4. The van der Waals surface area contributed by atoms with E-state index in [0.29, 0.717) is 36.1 Å². The summed E-state index contributed by atoms with van der Waals surface area (Å²) >= 11 is 12.1. The number of halogens is 2. The molecule has 0 fully saturated rings. The summed E-state index contributed by atoms with van der Waals surface area (Å²) in [7, 11) is 0. The fourth-order valence-electron chi connectivity index (χ4n) is 2.28. The van der Waals surface area contributed by atoms with Crippen molar-refractivity contribution in [3.8, 4) is 0 Å². The number of hydrogen-bond donors (Lipinski definition) is 1. The van der Waals surface area contributed by atoms with E-state index in [1.807, 2.05) is 54.3 Å². The van der Waals surface area contributed by atoms with Crippen molar-refractivity contribution in [3.05, 3.63) is 64.1 Å². The fraction of sp³-hybridized carbons (Fsp3) is 0.278. The Morgan fingerprint density at radius 2 is 1.83 bits per heavy atom. The predicted octanol–water partition coefficient (Wildman–Crippen LogP) is 4.84. The average Bonchev–Trinajstić information content (AvgIpc) is 2.57. The van der Waals surface area contributed by atoms with Crippen molar-refractivity contribution >= 4 is 34.8 Å². The third-order valence-electron chi connectivity index (χ3n) is 3.56. The molecule has 0 aromatic heterocycles. The zero-order chi connectivity index (χ0) is 16.7. The highest BCUT2D eigenvalue weighted by Gasteiger charge is 2.12. The average molecular weight is 351 g/mol. The summed E-state index contributed by atoms with van der Waals surface area (Å²) in [5.74, 6) is 0.113. The van der Waals surface area contributed by atoms with Gasteiger partial charge in [-0.05, 0) is 24.6 Å². The van der Waals surface area contributed by atoms with E-state index in [1.165, 1.54) is 0 Å². The van der Waals surface area contributed by atoms with Crippen LogP contribution in [-0.2, 0) is 11.3 Å². The lowest BCUT2D eigenvalue weighted by Gasteiger charge is -2.21. The number of nitrogens with one attached hydrogen (secondary N) is 1. The molecule has 23 heavy (non-hydrogen) atoms. The van der Waals surface area contributed by atoms with E-state index in [0.717, 1.165) is 11.3 Å². The summed E-state index contributed by atoms with van der Waals surface area (Å²) in [5, 5.41) is 4.15. The van der Waals surface area contributed by atoms with Crippen molar-refractivity contribution in [2.45, 2.75) is 19.9 Å². The van der Waals surface area contributed by atoms with Crippen LogP contribution in [0.3, 0.4) is 0 Å². The Bertz CT molecular complexity index is 647. The van der Waals surface area contributed by atoms with E-state index in [2.05, 4.69) is 5.32 Å². The van der Waals surface area contributed by atoms with Gasteiger partial charge >= 0.3 is 0 Å². The topological polar surface area (TPSA) is 32.3 Å². The van der Waals surface area contributed by atoms with Gasteiger partial charge in [-0.2, -0.15) is 0 Å².